The summed E-state index contributed by atoms with van der Waals surface area (Å²) in [6.45, 7) is 5.34. The fourth-order valence-corrected chi connectivity index (χ4v) is 3.16. The molecule has 0 aliphatic carbocycles. The lowest BCUT2D eigenvalue weighted by molar-refractivity contribution is 0.625. The number of benzene rings is 2. The Bertz CT molecular complexity index is 961. The highest BCUT2D eigenvalue weighted by molar-refractivity contribution is 5.79. The average Bonchev–Trinajstić information content (AvgIpc) is 3.02. The molecule has 0 saturated heterocycles. The Labute approximate surface area is 165 Å². The zero-order valence-electron chi connectivity index (χ0n) is 16.5. The summed E-state index contributed by atoms with van der Waals surface area (Å²) in [5.41, 5.74) is 5.23. The second kappa shape index (κ2) is 9.17. The number of halogens is 1. The molecular formula is C22H26FN5. The molecule has 146 valence electrons. The molecule has 28 heavy (non-hydrogen) atoms. The van der Waals surface area contributed by atoms with Gasteiger partial charge in [-0.1, -0.05) is 30.3 Å². The number of nitrogens with one attached hydrogen (secondary N) is 2. The molecule has 0 amide bonds. The number of nitrogens with zero attached hydrogens (tertiary/aromatic N) is 3. The van der Waals surface area contributed by atoms with Gasteiger partial charge >= 0.3 is 0 Å². The Balaban J connectivity index is 1.60. The van der Waals surface area contributed by atoms with Crippen LogP contribution in [0.25, 0.3) is 5.69 Å². The molecule has 5 nitrogen and oxygen atoms in total. The van der Waals surface area contributed by atoms with Gasteiger partial charge in [-0.2, -0.15) is 5.10 Å². The van der Waals surface area contributed by atoms with Crippen molar-refractivity contribution in [3.63, 3.8) is 0 Å². The molecule has 0 spiro atoms. The van der Waals surface area contributed by atoms with E-state index in [1.54, 1.807) is 19.2 Å². The van der Waals surface area contributed by atoms with Gasteiger partial charge in [-0.05, 0) is 55.7 Å². The maximum absolute atomic E-state index is 13.3. The van der Waals surface area contributed by atoms with Gasteiger partial charge in [-0.3, -0.25) is 4.99 Å². The Morgan fingerprint density at radius 1 is 1.07 bits per heavy atom. The van der Waals surface area contributed by atoms with Gasteiger partial charge in [-0.25, -0.2) is 9.07 Å². The third-order valence-electron chi connectivity index (χ3n) is 4.49. The molecule has 0 radical (unpaired) electrons. The van der Waals surface area contributed by atoms with E-state index < -0.39 is 0 Å². The first kappa shape index (κ1) is 19.6. The van der Waals surface area contributed by atoms with Crippen molar-refractivity contribution in [1.29, 1.82) is 0 Å². The van der Waals surface area contributed by atoms with Gasteiger partial charge in [0.1, 0.15) is 5.82 Å². The van der Waals surface area contributed by atoms with E-state index in [0.717, 1.165) is 34.6 Å². The van der Waals surface area contributed by atoms with Crippen LogP contribution in [0.1, 0.15) is 22.5 Å². The van der Waals surface area contributed by atoms with Crippen LogP contribution in [0, 0.1) is 19.7 Å². The Morgan fingerprint density at radius 2 is 1.89 bits per heavy atom. The lowest BCUT2D eigenvalue weighted by atomic mass is 10.1. The fraction of sp³-hybridized carbons (Fsp3) is 0.273. The van der Waals surface area contributed by atoms with E-state index >= 15 is 0 Å². The monoisotopic (exact) mass is 379 g/mol. The summed E-state index contributed by atoms with van der Waals surface area (Å²) in [5.74, 6) is 0.500. The molecular weight excluding hydrogens is 353 g/mol. The topological polar surface area (TPSA) is 54.2 Å². The standard InChI is InChI=1S/C22H26FN5/c1-16-13-17(2)28(27-16)21-10-5-4-8-19(21)15-26-22(24-3)25-12-11-18-7-6-9-20(23)14-18/h4-10,13-14H,11-12,15H2,1-3H3,(H2,24,25,26). The number of rotatable bonds is 6. The van der Waals surface area contributed by atoms with E-state index in [-0.39, 0.29) is 5.82 Å². The van der Waals surface area contributed by atoms with E-state index in [4.69, 9.17) is 0 Å². The number of aryl methyl sites for hydroxylation is 2. The summed E-state index contributed by atoms with van der Waals surface area (Å²) in [4.78, 5) is 4.27. The summed E-state index contributed by atoms with van der Waals surface area (Å²) in [6.07, 6.45) is 0.723. The van der Waals surface area contributed by atoms with Gasteiger partial charge < -0.3 is 10.6 Å². The average molecular weight is 379 g/mol. The van der Waals surface area contributed by atoms with Gasteiger partial charge in [0.2, 0.25) is 0 Å². The van der Waals surface area contributed by atoms with E-state index in [9.17, 15) is 4.39 Å². The smallest absolute Gasteiger partial charge is 0.191 e. The summed E-state index contributed by atoms with van der Waals surface area (Å²) < 4.78 is 15.2. The molecule has 0 aliphatic heterocycles. The fourth-order valence-electron chi connectivity index (χ4n) is 3.16. The second-order valence-corrected chi connectivity index (χ2v) is 6.70. The maximum Gasteiger partial charge on any atom is 0.191 e. The minimum absolute atomic E-state index is 0.208. The van der Waals surface area contributed by atoms with Crippen molar-refractivity contribution in [2.45, 2.75) is 26.8 Å². The van der Waals surface area contributed by atoms with E-state index in [0.29, 0.717) is 19.0 Å². The van der Waals surface area contributed by atoms with Crippen LogP contribution >= 0.6 is 0 Å². The van der Waals surface area contributed by atoms with E-state index in [2.05, 4.69) is 45.8 Å². The van der Waals surface area contributed by atoms with Crippen LogP contribution in [0.5, 0.6) is 0 Å². The number of aliphatic imine (C=N–C) groups is 1. The SMILES string of the molecule is CN=C(NCCc1cccc(F)c1)NCc1ccccc1-n1nc(C)cc1C. The number of aromatic nitrogens is 2. The van der Waals surface area contributed by atoms with Crippen molar-refractivity contribution in [3.05, 3.63) is 82.9 Å². The quantitative estimate of drug-likeness (QED) is 0.509. The van der Waals surface area contributed by atoms with Crippen molar-refractivity contribution < 1.29 is 4.39 Å². The van der Waals surface area contributed by atoms with E-state index in [1.165, 1.54) is 6.07 Å². The molecule has 0 fully saturated rings. The van der Waals surface area contributed by atoms with Crippen LogP contribution in [-0.2, 0) is 13.0 Å². The van der Waals surface area contributed by atoms with Crippen molar-refractivity contribution >= 4 is 5.96 Å². The van der Waals surface area contributed by atoms with Crippen LogP contribution in [0.2, 0.25) is 0 Å². The first-order valence-corrected chi connectivity index (χ1v) is 9.37. The molecule has 0 bridgehead atoms. The highest BCUT2D eigenvalue weighted by Crippen LogP contribution is 2.16. The third kappa shape index (κ3) is 4.97. The minimum Gasteiger partial charge on any atom is -0.356 e. The number of guanidine groups is 1. The molecule has 0 aliphatic rings. The van der Waals surface area contributed by atoms with Gasteiger partial charge in [-0.15, -0.1) is 0 Å². The molecule has 2 aromatic carbocycles. The van der Waals surface area contributed by atoms with Crippen LogP contribution in [0.15, 0.2) is 59.6 Å². The second-order valence-electron chi connectivity index (χ2n) is 6.70. The minimum atomic E-state index is -0.208. The summed E-state index contributed by atoms with van der Waals surface area (Å²) >= 11 is 0. The summed E-state index contributed by atoms with van der Waals surface area (Å²) in [6, 6.07) is 16.9. The Hall–Kier alpha value is -3.15. The molecule has 1 aromatic heterocycles. The highest BCUT2D eigenvalue weighted by atomic mass is 19.1. The Morgan fingerprint density at radius 3 is 2.61 bits per heavy atom. The predicted octanol–water partition coefficient (Wildman–Crippen LogP) is 3.54. The molecule has 0 atom stereocenters. The van der Waals surface area contributed by atoms with Gasteiger partial charge in [0.25, 0.3) is 0 Å². The van der Waals surface area contributed by atoms with Gasteiger partial charge in [0.05, 0.1) is 11.4 Å². The van der Waals surface area contributed by atoms with Crippen molar-refractivity contribution in [3.8, 4) is 5.69 Å². The molecule has 1 heterocycles. The van der Waals surface area contributed by atoms with E-state index in [1.807, 2.05) is 29.8 Å². The lowest BCUT2D eigenvalue weighted by Gasteiger charge is -2.15. The molecule has 3 rings (SSSR count). The predicted molar refractivity (Wildman–Crippen MR) is 111 cm³/mol. The van der Waals surface area contributed by atoms with Gasteiger partial charge in [0, 0.05) is 25.8 Å². The number of hydrogen-bond donors (Lipinski definition) is 2. The zero-order valence-corrected chi connectivity index (χ0v) is 16.5. The first-order valence-electron chi connectivity index (χ1n) is 9.37. The van der Waals surface area contributed by atoms with Crippen LogP contribution < -0.4 is 10.6 Å². The molecule has 0 unspecified atom stereocenters. The third-order valence-corrected chi connectivity index (χ3v) is 4.49. The number of hydrogen-bond acceptors (Lipinski definition) is 2. The first-order chi connectivity index (χ1) is 13.6. The Kier molecular flexibility index (Phi) is 6.42. The normalized spacial score (nSPS) is 11.5. The van der Waals surface area contributed by atoms with Gasteiger partial charge in [0.15, 0.2) is 5.96 Å². The maximum atomic E-state index is 13.3. The molecule has 3 aromatic rings. The molecule has 6 heteroatoms. The summed E-state index contributed by atoms with van der Waals surface area (Å²) in [7, 11) is 1.74. The van der Waals surface area contributed by atoms with Crippen LogP contribution in [0.3, 0.4) is 0 Å². The van der Waals surface area contributed by atoms with Crippen molar-refractivity contribution in [2.75, 3.05) is 13.6 Å². The van der Waals surface area contributed by atoms with Crippen molar-refractivity contribution in [1.82, 2.24) is 20.4 Å². The molecule has 0 saturated carbocycles. The largest absolute Gasteiger partial charge is 0.356 e. The van der Waals surface area contributed by atoms with Crippen LogP contribution in [0.4, 0.5) is 4.39 Å². The molecule has 2 N–H and O–H groups in total. The number of para-hydroxylation sites is 1. The van der Waals surface area contributed by atoms with Crippen LogP contribution in [-0.4, -0.2) is 29.3 Å². The lowest BCUT2D eigenvalue weighted by Crippen LogP contribution is -2.38. The summed E-state index contributed by atoms with van der Waals surface area (Å²) in [5, 5.41) is 11.2. The van der Waals surface area contributed by atoms with Crippen molar-refractivity contribution in [2.24, 2.45) is 4.99 Å². The zero-order chi connectivity index (χ0) is 19.9. The highest BCUT2D eigenvalue weighted by Gasteiger charge is 2.09.